The summed E-state index contributed by atoms with van der Waals surface area (Å²) in [6, 6.07) is 20.3. The van der Waals surface area contributed by atoms with Crippen LogP contribution in [0.1, 0.15) is 5.76 Å². The predicted molar refractivity (Wildman–Crippen MR) is 74.0 cm³/mol. The average molecular weight is 293 g/mol. The Balaban J connectivity index is 0.000000190. The Morgan fingerprint density at radius 2 is 1.84 bits per heavy atom. The van der Waals surface area contributed by atoms with Gasteiger partial charge >= 0.3 is 17.1 Å². The third-order valence-corrected chi connectivity index (χ3v) is 2.98. The van der Waals surface area contributed by atoms with Crippen molar-refractivity contribution in [2.24, 2.45) is 0 Å². The monoisotopic (exact) mass is 293 g/mol. The minimum absolute atomic E-state index is 0. The smallest absolute Gasteiger partial charge is 0.479 e. The number of rotatable bonds is 1. The SMILES string of the molecule is [Fe+2].c1cc[c-](-c2cc3c(o2)CCN3)c1.c1cc[cH-]c1. The van der Waals surface area contributed by atoms with Gasteiger partial charge in [-0.2, -0.15) is 30.3 Å². The van der Waals surface area contributed by atoms with Crippen LogP contribution in [0.3, 0.4) is 0 Å². The fraction of sp³-hybridized carbons (Fsp3) is 0.125. The summed E-state index contributed by atoms with van der Waals surface area (Å²) in [6.07, 6.45) is 1.01. The van der Waals surface area contributed by atoms with Crippen molar-refractivity contribution in [2.75, 3.05) is 11.9 Å². The zero-order chi connectivity index (χ0) is 12.2. The normalized spacial score (nSPS) is 11.8. The van der Waals surface area contributed by atoms with E-state index in [1.165, 1.54) is 0 Å². The van der Waals surface area contributed by atoms with Gasteiger partial charge in [0.25, 0.3) is 0 Å². The molecule has 2 aromatic carbocycles. The molecule has 0 saturated carbocycles. The van der Waals surface area contributed by atoms with Crippen LogP contribution in [0, 0.1) is 0 Å². The summed E-state index contributed by atoms with van der Waals surface area (Å²) in [7, 11) is 0. The summed E-state index contributed by atoms with van der Waals surface area (Å²) in [5.41, 5.74) is 2.33. The molecule has 0 unspecified atom stereocenters. The van der Waals surface area contributed by atoms with Crippen LogP contribution in [0.2, 0.25) is 0 Å². The Morgan fingerprint density at radius 1 is 1.11 bits per heavy atom. The van der Waals surface area contributed by atoms with Crippen molar-refractivity contribution in [2.45, 2.75) is 6.42 Å². The molecule has 0 radical (unpaired) electrons. The molecule has 19 heavy (non-hydrogen) atoms. The van der Waals surface area contributed by atoms with Gasteiger partial charge in [0.15, 0.2) is 0 Å². The van der Waals surface area contributed by atoms with Gasteiger partial charge in [-0.25, -0.2) is 12.1 Å². The Labute approximate surface area is 123 Å². The van der Waals surface area contributed by atoms with E-state index < -0.39 is 0 Å². The first-order chi connectivity index (χ1) is 8.93. The van der Waals surface area contributed by atoms with Gasteiger partial charge in [-0.1, -0.05) is 11.6 Å². The van der Waals surface area contributed by atoms with Crippen molar-refractivity contribution in [1.29, 1.82) is 0 Å². The molecule has 98 valence electrons. The minimum Gasteiger partial charge on any atom is -0.479 e. The van der Waals surface area contributed by atoms with Crippen LogP contribution in [0.15, 0.2) is 65.1 Å². The maximum Gasteiger partial charge on any atom is 2.00 e. The second-order valence-corrected chi connectivity index (χ2v) is 4.26. The summed E-state index contributed by atoms with van der Waals surface area (Å²) in [5.74, 6) is 2.07. The number of hydrogen-bond acceptors (Lipinski definition) is 2. The second-order valence-electron chi connectivity index (χ2n) is 4.26. The van der Waals surface area contributed by atoms with Crippen LogP contribution in [0.5, 0.6) is 0 Å². The molecule has 1 aromatic heterocycles. The van der Waals surface area contributed by atoms with Gasteiger partial charge in [0.2, 0.25) is 0 Å². The number of fused-ring (bicyclic) bond motifs is 1. The Morgan fingerprint density at radius 3 is 2.42 bits per heavy atom. The molecule has 0 atom stereocenters. The molecule has 1 N–H and O–H groups in total. The van der Waals surface area contributed by atoms with E-state index in [1.807, 2.05) is 42.5 Å². The van der Waals surface area contributed by atoms with Crippen molar-refractivity contribution in [1.82, 2.24) is 0 Å². The van der Waals surface area contributed by atoms with Crippen LogP contribution < -0.4 is 5.32 Å². The summed E-state index contributed by atoms with van der Waals surface area (Å²) in [6.45, 7) is 1.01. The first kappa shape index (κ1) is 13.7. The predicted octanol–water partition coefficient (Wildman–Crippen LogP) is 4.04. The maximum absolute atomic E-state index is 5.71. The van der Waals surface area contributed by atoms with Crippen LogP contribution >= 0.6 is 0 Å². The standard InChI is InChI=1S/C11H10NO.C5H5.Fe/c1-2-4-8(3-1)11-7-9-10(13-11)5-6-12-9;1-2-4-5-3-1;/h1-4,7,12H,5-6H2;1-5H;/q2*-1;+2. The van der Waals surface area contributed by atoms with E-state index in [0.29, 0.717) is 0 Å². The molecule has 2 nitrogen and oxygen atoms in total. The van der Waals surface area contributed by atoms with Crippen molar-refractivity contribution in [3.05, 3.63) is 66.4 Å². The van der Waals surface area contributed by atoms with Crippen LogP contribution in [-0.4, -0.2) is 6.54 Å². The molecule has 0 saturated heterocycles. The number of furan rings is 1. The summed E-state index contributed by atoms with van der Waals surface area (Å²) < 4.78 is 5.71. The zero-order valence-corrected chi connectivity index (χ0v) is 11.6. The topological polar surface area (TPSA) is 25.2 Å². The molecule has 0 bridgehead atoms. The average Bonchev–Trinajstić information content (AvgIpc) is 3.16. The fourth-order valence-electron chi connectivity index (χ4n) is 2.08. The largest absolute Gasteiger partial charge is 2.00 e. The Hall–Kier alpha value is -1.70. The molecule has 1 aliphatic rings. The van der Waals surface area contributed by atoms with Gasteiger partial charge in [0.05, 0.1) is 5.76 Å². The molecule has 0 aliphatic carbocycles. The number of nitrogens with one attached hydrogen (secondary N) is 1. The van der Waals surface area contributed by atoms with E-state index in [-0.39, 0.29) is 17.1 Å². The van der Waals surface area contributed by atoms with Gasteiger partial charge < -0.3 is 9.73 Å². The van der Waals surface area contributed by atoms with Gasteiger partial charge in [-0.05, 0) is 0 Å². The van der Waals surface area contributed by atoms with E-state index in [9.17, 15) is 0 Å². The van der Waals surface area contributed by atoms with Crippen molar-refractivity contribution < 1.29 is 21.5 Å². The molecule has 4 rings (SSSR count). The van der Waals surface area contributed by atoms with Crippen LogP contribution in [-0.2, 0) is 23.5 Å². The third kappa shape index (κ3) is 3.19. The molecule has 0 fully saturated rings. The van der Waals surface area contributed by atoms with Gasteiger partial charge in [0.1, 0.15) is 5.76 Å². The quantitative estimate of drug-likeness (QED) is 0.541. The second kappa shape index (κ2) is 6.46. The Bertz CT molecular complexity index is 540. The number of hydrogen-bond donors (Lipinski definition) is 1. The van der Waals surface area contributed by atoms with E-state index in [0.717, 1.165) is 35.7 Å². The van der Waals surface area contributed by atoms with Gasteiger partial charge in [0, 0.05) is 18.7 Å². The minimum atomic E-state index is 0. The number of anilines is 1. The molecule has 3 heteroatoms. The molecular formula is C16H15FeNO. The van der Waals surface area contributed by atoms with E-state index in [2.05, 4.69) is 23.5 Å². The molecular weight excluding hydrogens is 278 g/mol. The summed E-state index contributed by atoms with van der Waals surface area (Å²) >= 11 is 0. The molecule has 2 heterocycles. The van der Waals surface area contributed by atoms with E-state index in [1.54, 1.807) is 0 Å². The maximum atomic E-state index is 5.71. The fourth-order valence-corrected chi connectivity index (χ4v) is 2.08. The molecule has 3 aromatic rings. The van der Waals surface area contributed by atoms with Crippen LogP contribution in [0.4, 0.5) is 5.69 Å². The van der Waals surface area contributed by atoms with Gasteiger partial charge in [-0.15, -0.1) is 12.1 Å². The first-order valence-electron chi connectivity index (χ1n) is 6.19. The van der Waals surface area contributed by atoms with E-state index in [4.69, 9.17) is 4.42 Å². The Kier molecular flexibility index (Phi) is 4.67. The summed E-state index contributed by atoms with van der Waals surface area (Å²) in [5, 5.41) is 3.29. The molecule has 1 aliphatic heterocycles. The summed E-state index contributed by atoms with van der Waals surface area (Å²) in [4.78, 5) is 0. The van der Waals surface area contributed by atoms with Crippen molar-refractivity contribution in [3.63, 3.8) is 0 Å². The zero-order valence-electron chi connectivity index (χ0n) is 10.4. The third-order valence-electron chi connectivity index (χ3n) is 2.98. The van der Waals surface area contributed by atoms with Crippen LogP contribution in [0.25, 0.3) is 11.3 Å². The van der Waals surface area contributed by atoms with Gasteiger partial charge in [-0.3, -0.25) is 0 Å². The van der Waals surface area contributed by atoms with Crippen molar-refractivity contribution >= 4 is 5.69 Å². The van der Waals surface area contributed by atoms with E-state index >= 15 is 0 Å². The van der Waals surface area contributed by atoms with Crippen molar-refractivity contribution in [3.8, 4) is 11.3 Å². The first-order valence-corrected chi connectivity index (χ1v) is 6.19. The molecule has 0 amide bonds. The molecule has 0 spiro atoms.